The number of carbonyl (C=O) groups is 2. The third-order valence-corrected chi connectivity index (χ3v) is 2.72. The summed E-state index contributed by atoms with van der Waals surface area (Å²) >= 11 is 0. The molecule has 1 heterocycles. The Labute approximate surface area is 116 Å². The Kier molecular flexibility index (Phi) is 4.29. The second-order valence-corrected chi connectivity index (χ2v) is 4.28. The smallest absolute Gasteiger partial charge is 0.321 e. The van der Waals surface area contributed by atoms with E-state index in [0.717, 1.165) is 0 Å². The van der Waals surface area contributed by atoms with Gasteiger partial charge in [-0.1, -0.05) is 0 Å². The van der Waals surface area contributed by atoms with E-state index in [0.29, 0.717) is 23.7 Å². The number of hydrogen-bond donors (Lipinski definition) is 3. The summed E-state index contributed by atoms with van der Waals surface area (Å²) in [5.41, 5.74) is 0.716. The number of nitrogens with one attached hydrogen (secondary N) is 3. The number of fused-ring (bicyclic) bond motifs is 1. The summed E-state index contributed by atoms with van der Waals surface area (Å²) in [4.78, 5) is 23.0. The van der Waals surface area contributed by atoms with Gasteiger partial charge < -0.3 is 20.1 Å². The zero-order valence-corrected chi connectivity index (χ0v) is 11.4. The van der Waals surface area contributed by atoms with Crippen molar-refractivity contribution in [3.05, 3.63) is 18.2 Å². The molecule has 108 valence electrons. The highest BCUT2D eigenvalue weighted by Crippen LogP contribution is 2.34. The molecule has 20 heavy (non-hydrogen) atoms. The van der Waals surface area contributed by atoms with Crippen molar-refractivity contribution in [2.45, 2.75) is 19.9 Å². The minimum absolute atomic E-state index is 0.200. The van der Waals surface area contributed by atoms with Crippen molar-refractivity contribution in [2.24, 2.45) is 0 Å². The minimum Gasteiger partial charge on any atom is -0.454 e. The summed E-state index contributed by atoms with van der Waals surface area (Å²) in [6.45, 7) is 4.10. The van der Waals surface area contributed by atoms with Crippen LogP contribution in [0.25, 0.3) is 0 Å². The Morgan fingerprint density at radius 1 is 1.30 bits per heavy atom. The van der Waals surface area contributed by atoms with Crippen LogP contribution in [0, 0.1) is 0 Å². The molecule has 0 aromatic heterocycles. The number of benzene rings is 1. The molecule has 1 unspecified atom stereocenters. The molecule has 7 heteroatoms. The molecule has 0 bridgehead atoms. The molecule has 0 saturated heterocycles. The van der Waals surface area contributed by atoms with E-state index in [2.05, 4.69) is 16.0 Å². The summed E-state index contributed by atoms with van der Waals surface area (Å²) < 4.78 is 10.5. The second kappa shape index (κ2) is 6.14. The van der Waals surface area contributed by atoms with Crippen molar-refractivity contribution in [3.63, 3.8) is 0 Å². The molecule has 0 fully saturated rings. The summed E-state index contributed by atoms with van der Waals surface area (Å²) in [7, 11) is 0. The highest BCUT2D eigenvalue weighted by atomic mass is 16.7. The van der Waals surface area contributed by atoms with Gasteiger partial charge in [0.25, 0.3) is 0 Å². The van der Waals surface area contributed by atoms with Crippen LogP contribution in [-0.2, 0) is 4.79 Å². The third kappa shape index (κ3) is 3.31. The van der Waals surface area contributed by atoms with Gasteiger partial charge in [-0.3, -0.25) is 10.1 Å². The maximum absolute atomic E-state index is 11.8. The first kappa shape index (κ1) is 14.0. The zero-order chi connectivity index (χ0) is 14.5. The molecule has 7 nitrogen and oxygen atoms in total. The Morgan fingerprint density at radius 2 is 2.05 bits per heavy atom. The Morgan fingerprint density at radius 3 is 2.80 bits per heavy atom. The lowest BCUT2D eigenvalue weighted by atomic mass is 10.2. The van der Waals surface area contributed by atoms with Crippen LogP contribution in [0.3, 0.4) is 0 Å². The summed E-state index contributed by atoms with van der Waals surface area (Å²) in [6.07, 6.45) is 0. The molecule has 0 aliphatic carbocycles. The van der Waals surface area contributed by atoms with Crippen molar-refractivity contribution in [1.29, 1.82) is 0 Å². The van der Waals surface area contributed by atoms with Crippen LogP contribution < -0.4 is 25.4 Å². The van der Waals surface area contributed by atoms with Gasteiger partial charge >= 0.3 is 6.03 Å². The van der Waals surface area contributed by atoms with Crippen LogP contribution in [0.1, 0.15) is 13.8 Å². The molecule has 1 aromatic rings. The van der Waals surface area contributed by atoms with Crippen molar-refractivity contribution >= 4 is 17.6 Å². The van der Waals surface area contributed by atoms with Crippen LogP contribution in [0.2, 0.25) is 0 Å². The molecular formula is C13H17N3O4. The van der Waals surface area contributed by atoms with Gasteiger partial charge in [0.2, 0.25) is 12.7 Å². The van der Waals surface area contributed by atoms with Crippen molar-refractivity contribution < 1.29 is 19.1 Å². The number of urea groups is 1. The Balaban J connectivity index is 1.92. The minimum atomic E-state index is -0.557. The van der Waals surface area contributed by atoms with E-state index in [1.54, 1.807) is 32.0 Å². The molecule has 0 saturated carbocycles. The van der Waals surface area contributed by atoms with Gasteiger partial charge in [0, 0.05) is 18.3 Å². The van der Waals surface area contributed by atoms with E-state index < -0.39 is 18.0 Å². The maximum Gasteiger partial charge on any atom is 0.321 e. The van der Waals surface area contributed by atoms with Gasteiger partial charge in [-0.2, -0.15) is 0 Å². The van der Waals surface area contributed by atoms with Crippen LogP contribution in [0.4, 0.5) is 10.5 Å². The monoisotopic (exact) mass is 279 g/mol. The lowest BCUT2D eigenvalue weighted by Crippen LogP contribution is -2.45. The lowest BCUT2D eigenvalue weighted by Gasteiger charge is -2.15. The topological polar surface area (TPSA) is 88.7 Å². The number of ether oxygens (including phenoxy) is 2. The Hall–Kier alpha value is -2.44. The van der Waals surface area contributed by atoms with Crippen LogP contribution >= 0.6 is 0 Å². The molecule has 0 spiro atoms. The van der Waals surface area contributed by atoms with Crippen molar-refractivity contribution in [3.8, 4) is 11.5 Å². The largest absolute Gasteiger partial charge is 0.454 e. The highest BCUT2D eigenvalue weighted by Gasteiger charge is 2.17. The zero-order valence-electron chi connectivity index (χ0n) is 11.4. The number of carbonyl (C=O) groups excluding carboxylic acids is 2. The fraction of sp³-hybridized carbons (Fsp3) is 0.385. The van der Waals surface area contributed by atoms with Crippen molar-refractivity contribution in [2.75, 3.05) is 18.7 Å². The molecule has 3 amide bonds. The summed E-state index contributed by atoms with van der Waals surface area (Å²) in [5, 5.41) is 7.73. The first-order chi connectivity index (χ1) is 9.60. The van der Waals surface area contributed by atoms with Gasteiger partial charge in [-0.05, 0) is 26.0 Å². The third-order valence-electron chi connectivity index (χ3n) is 2.72. The summed E-state index contributed by atoms with van der Waals surface area (Å²) in [6, 6.07) is 4.23. The van der Waals surface area contributed by atoms with E-state index in [4.69, 9.17) is 9.47 Å². The second-order valence-electron chi connectivity index (χ2n) is 4.28. The number of rotatable bonds is 4. The molecular weight excluding hydrogens is 262 g/mol. The molecule has 1 atom stereocenters. The van der Waals surface area contributed by atoms with Gasteiger partial charge in [0.1, 0.15) is 6.04 Å². The number of amides is 3. The molecule has 1 aliphatic rings. The SMILES string of the molecule is CCNC(=O)NC(=O)C(C)Nc1ccc2c(c1)OCO2. The molecule has 1 aliphatic heterocycles. The number of hydrogen-bond acceptors (Lipinski definition) is 5. The number of anilines is 1. The molecule has 3 N–H and O–H groups in total. The van der Waals surface area contributed by atoms with E-state index in [1.807, 2.05) is 0 Å². The maximum atomic E-state index is 11.8. The number of imide groups is 1. The lowest BCUT2D eigenvalue weighted by molar-refractivity contribution is -0.120. The van der Waals surface area contributed by atoms with Crippen molar-refractivity contribution in [1.82, 2.24) is 10.6 Å². The van der Waals surface area contributed by atoms with Crippen LogP contribution in [0.5, 0.6) is 11.5 Å². The van der Waals surface area contributed by atoms with Gasteiger partial charge in [0.05, 0.1) is 0 Å². The van der Waals surface area contributed by atoms with E-state index in [9.17, 15) is 9.59 Å². The molecule has 0 radical (unpaired) electrons. The van der Waals surface area contributed by atoms with E-state index >= 15 is 0 Å². The van der Waals surface area contributed by atoms with E-state index in [-0.39, 0.29) is 6.79 Å². The quantitative estimate of drug-likeness (QED) is 0.767. The normalized spacial score (nSPS) is 13.5. The van der Waals surface area contributed by atoms with Crippen LogP contribution in [-0.4, -0.2) is 31.3 Å². The fourth-order valence-electron chi connectivity index (χ4n) is 1.73. The fourth-order valence-corrected chi connectivity index (χ4v) is 1.73. The first-order valence-corrected chi connectivity index (χ1v) is 6.35. The molecule has 1 aromatic carbocycles. The van der Waals surface area contributed by atoms with Gasteiger partial charge in [0.15, 0.2) is 11.5 Å². The molecule has 2 rings (SSSR count). The highest BCUT2D eigenvalue weighted by molar-refractivity contribution is 5.97. The standard InChI is InChI=1S/C13H17N3O4/c1-3-14-13(18)16-12(17)8(2)15-9-4-5-10-11(6-9)20-7-19-10/h4-6,8,15H,3,7H2,1-2H3,(H2,14,16,17,18). The summed E-state index contributed by atoms with van der Waals surface area (Å²) in [5.74, 6) is 0.898. The average Bonchev–Trinajstić information content (AvgIpc) is 2.86. The van der Waals surface area contributed by atoms with Crippen LogP contribution in [0.15, 0.2) is 18.2 Å². The predicted octanol–water partition coefficient (Wildman–Crippen LogP) is 1.06. The Bertz CT molecular complexity index is 518. The van der Waals surface area contributed by atoms with Gasteiger partial charge in [-0.25, -0.2) is 4.79 Å². The van der Waals surface area contributed by atoms with Gasteiger partial charge in [-0.15, -0.1) is 0 Å². The average molecular weight is 279 g/mol. The van der Waals surface area contributed by atoms with E-state index in [1.165, 1.54) is 0 Å². The first-order valence-electron chi connectivity index (χ1n) is 6.35. The predicted molar refractivity (Wildman–Crippen MR) is 72.9 cm³/mol.